The van der Waals surface area contributed by atoms with Gasteiger partial charge in [0.1, 0.15) is 0 Å². The van der Waals surface area contributed by atoms with Gasteiger partial charge in [-0.1, -0.05) is 18.2 Å². The van der Waals surface area contributed by atoms with Crippen molar-refractivity contribution in [1.82, 2.24) is 5.32 Å². The largest absolute Gasteiger partial charge is 0.371 e. The molecule has 6 heteroatoms. The minimum Gasteiger partial charge on any atom is -0.371 e. The first-order valence-electron chi connectivity index (χ1n) is 10.2. The fraction of sp³-hybridized carbons (Fsp3) is 0.391. The van der Waals surface area contributed by atoms with Gasteiger partial charge in [-0.15, -0.1) is 11.8 Å². The number of rotatable bonds is 6. The first-order chi connectivity index (χ1) is 14.1. The Morgan fingerprint density at radius 3 is 2.55 bits per heavy atom. The van der Waals surface area contributed by atoms with Crippen molar-refractivity contribution in [2.75, 3.05) is 42.2 Å². The number of nitrogens with one attached hydrogen (secondary N) is 1. The molecule has 1 N–H and O–H groups in total. The van der Waals surface area contributed by atoms with Crippen LogP contribution in [-0.2, 0) is 9.59 Å². The quantitative estimate of drug-likeness (QED) is 0.743. The number of amides is 2. The summed E-state index contributed by atoms with van der Waals surface area (Å²) >= 11 is 1.67. The van der Waals surface area contributed by atoms with Crippen LogP contribution in [-0.4, -0.2) is 44.2 Å². The summed E-state index contributed by atoms with van der Waals surface area (Å²) < 4.78 is 0. The highest BCUT2D eigenvalue weighted by molar-refractivity contribution is 7.98. The van der Waals surface area contributed by atoms with Crippen LogP contribution < -0.4 is 15.1 Å². The normalized spacial score (nSPS) is 21.6. The average molecular weight is 410 g/mol. The zero-order valence-electron chi connectivity index (χ0n) is 16.7. The van der Waals surface area contributed by atoms with Crippen LogP contribution in [0, 0.1) is 11.8 Å². The summed E-state index contributed by atoms with van der Waals surface area (Å²) in [6, 6.07) is 18.3. The number of thioether (sulfide) groups is 1. The topological polar surface area (TPSA) is 52.7 Å². The van der Waals surface area contributed by atoms with Crippen LogP contribution in [0.5, 0.6) is 0 Å². The lowest BCUT2D eigenvalue weighted by Crippen LogP contribution is -2.36. The molecule has 0 radical (unpaired) electrons. The van der Waals surface area contributed by atoms with Gasteiger partial charge in [-0.3, -0.25) is 9.59 Å². The molecule has 2 amide bonds. The second-order valence-electron chi connectivity index (χ2n) is 7.78. The van der Waals surface area contributed by atoms with Crippen molar-refractivity contribution in [2.24, 2.45) is 11.8 Å². The van der Waals surface area contributed by atoms with Crippen LogP contribution in [0.3, 0.4) is 0 Å². The van der Waals surface area contributed by atoms with Gasteiger partial charge in [-0.05, 0) is 55.0 Å². The molecule has 2 saturated heterocycles. The van der Waals surface area contributed by atoms with E-state index in [1.165, 1.54) is 5.69 Å². The van der Waals surface area contributed by atoms with Gasteiger partial charge < -0.3 is 15.1 Å². The Morgan fingerprint density at radius 1 is 1.07 bits per heavy atom. The van der Waals surface area contributed by atoms with Gasteiger partial charge in [0, 0.05) is 48.9 Å². The van der Waals surface area contributed by atoms with E-state index < -0.39 is 0 Å². The lowest BCUT2D eigenvalue weighted by Gasteiger charge is -2.19. The zero-order chi connectivity index (χ0) is 20.2. The number of hydrogen-bond acceptors (Lipinski definition) is 4. The summed E-state index contributed by atoms with van der Waals surface area (Å²) in [5.41, 5.74) is 2.11. The van der Waals surface area contributed by atoms with Crippen molar-refractivity contribution < 1.29 is 9.59 Å². The standard InChI is InChI=1S/C23H27N3O2S/c1-29-21-9-7-20(8-10-21)26-16-18(13-22(26)27)23(28)24-14-17-11-12-25(15-17)19-5-3-2-4-6-19/h2-10,17-18H,11-16H2,1H3,(H,24,28)/t17-,18+/m1/s1. The number of carbonyl (C=O) groups excluding carboxylic acids is 2. The van der Waals surface area contributed by atoms with Gasteiger partial charge in [-0.2, -0.15) is 0 Å². The van der Waals surface area contributed by atoms with E-state index in [1.54, 1.807) is 16.7 Å². The van der Waals surface area contributed by atoms with E-state index in [4.69, 9.17) is 0 Å². The molecule has 2 aliphatic rings. The van der Waals surface area contributed by atoms with Crippen molar-refractivity contribution in [3.05, 3.63) is 54.6 Å². The maximum atomic E-state index is 12.7. The Hall–Kier alpha value is -2.47. The van der Waals surface area contributed by atoms with E-state index >= 15 is 0 Å². The van der Waals surface area contributed by atoms with Crippen LogP contribution in [0.1, 0.15) is 12.8 Å². The highest BCUT2D eigenvalue weighted by Gasteiger charge is 2.35. The number of anilines is 2. The monoisotopic (exact) mass is 409 g/mol. The Kier molecular flexibility index (Phi) is 6.09. The molecule has 0 aliphatic carbocycles. The number of carbonyl (C=O) groups is 2. The first kappa shape index (κ1) is 19.8. The molecule has 2 heterocycles. The molecule has 5 nitrogen and oxygen atoms in total. The van der Waals surface area contributed by atoms with E-state index in [1.807, 2.05) is 36.6 Å². The molecule has 4 rings (SSSR count). The predicted octanol–water partition coefficient (Wildman–Crippen LogP) is 3.40. The molecular formula is C23H27N3O2S. The third-order valence-corrected chi connectivity index (χ3v) is 6.60. The highest BCUT2D eigenvalue weighted by Crippen LogP contribution is 2.28. The van der Waals surface area contributed by atoms with Crippen molar-refractivity contribution in [2.45, 2.75) is 17.7 Å². The predicted molar refractivity (Wildman–Crippen MR) is 118 cm³/mol. The molecule has 0 bridgehead atoms. The molecule has 2 aromatic carbocycles. The maximum absolute atomic E-state index is 12.7. The van der Waals surface area contributed by atoms with E-state index in [9.17, 15) is 9.59 Å². The van der Waals surface area contributed by atoms with Crippen molar-refractivity contribution in [3.8, 4) is 0 Å². The average Bonchev–Trinajstić information content (AvgIpc) is 3.40. The molecule has 0 unspecified atom stereocenters. The fourth-order valence-electron chi connectivity index (χ4n) is 4.16. The Morgan fingerprint density at radius 2 is 1.83 bits per heavy atom. The molecule has 0 saturated carbocycles. The fourth-order valence-corrected chi connectivity index (χ4v) is 4.57. The summed E-state index contributed by atoms with van der Waals surface area (Å²) in [5, 5.41) is 3.10. The van der Waals surface area contributed by atoms with Crippen LogP contribution in [0.15, 0.2) is 59.5 Å². The summed E-state index contributed by atoms with van der Waals surface area (Å²) in [7, 11) is 0. The van der Waals surface area contributed by atoms with E-state index in [2.05, 4.69) is 34.5 Å². The second-order valence-corrected chi connectivity index (χ2v) is 8.66. The number of hydrogen-bond donors (Lipinski definition) is 1. The van der Waals surface area contributed by atoms with E-state index in [0.29, 0.717) is 19.0 Å². The SMILES string of the molecule is CSc1ccc(N2C[C@@H](C(=O)NC[C@H]3CCN(c4ccccc4)C3)CC2=O)cc1. The molecule has 2 fully saturated rings. The third-order valence-electron chi connectivity index (χ3n) is 5.85. The molecule has 2 aromatic rings. The zero-order valence-corrected chi connectivity index (χ0v) is 17.5. The van der Waals surface area contributed by atoms with Crippen molar-refractivity contribution in [1.29, 1.82) is 0 Å². The van der Waals surface area contributed by atoms with Crippen LogP contribution >= 0.6 is 11.8 Å². The van der Waals surface area contributed by atoms with Crippen LogP contribution in [0.4, 0.5) is 11.4 Å². The molecule has 0 aromatic heterocycles. The van der Waals surface area contributed by atoms with Crippen molar-refractivity contribution >= 4 is 35.0 Å². The minimum atomic E-state index is -0.269. The lowest BCUT2D eigenvalue weighted by atomic mass is 10.1. The summed E-state index contributed by atoms with van der Waals surface area (Å²) in [6.07, 6.45) is 3.39. The number of nitrogens with zero attached hydrogens (tertiary/aromatic N) is 2. The first-order valence-corrected chi connectivity index (χ1v) is 11.4. The molecule has 152 valence electrons. The Labute approximate surface area is 176 Å². The molecule has 0 spiro atoms. The van der Waals surface area contributed by atoms with Gasteiger partial charge in [-0.25, -0.2) is 0 Å². The third kappa shape index (κ3) is 4.58. The summed E-state index contributed by atoms with van der Waals surface area (Å²) in [6.45, 7) is 3.12. The number of benzene rings is 2. The van der Waals surface area contributed by atoms with Gasteiger partial charge in [0.2, 0.25) is 11.8 Å². The lowest BCUT2D eigenvalue weighted by molar-refractivity contribution is -0.126. The molecule has 2 aliphatic heterocycles. The van der Waals surface area contributed by atoms with Crippen LogP contribution in [0.2, 0.25) is 0 Å². The van der Waals surface area contributed by atoms with Crippen molar-refractivity contribution in [3.63, 3.8) is 0 Å². The van der Waals surface area contributed by atoms with Gasteiger partial charge in [0.05, 0.1) is 5.92 Å². The Bertz CT molecular complexity index is 856. The molecular weight excluding hydrogens is 382 g/mol. The molecule has 2 atom stereocenters. The van der Waals surface area contributed by atoms with E-state index in [0.717, 1.165) is 30.1 Å². The number of para-hydroxylation sites is 1. The van der Waals surface area contributed by atoms with E-state index in [-0.39, 0.29) is 24.2 Å². The minimum absolute atomic E-state index is 0.000236. The summed E-state index contributed by atoms with van der Waals surface area (Å²) in [5.74, 6) is 0.207. The summed E-state index contributed by atoms with van der Waals surface area (Å²) in [4.78, 5) is 30.4. The Balaban J connectivity index is 1.27. The smallest absolute Gasteiger partial charge is 0.227 e. The van der Waals surface area contributed by atoms with Gasteiger partial charge >= 0.3 is 0 Å². The molecule has 29 heavy (non-hydrogen) atoms. The second kappa shape index (κ2) is 8.91. The van der Waals surface area contributed by atoms with Gasteiger partial charge in [0.25, 0.3) is 0 Å². The maximum Gasteiger partial charge on any atom is 0.227 e. The highest BCUT2D eigenvalue weighted by atomic mass is 32.2. The van der Waals surface area contributed by atoms with Gasteiger partial charge in [0.15, 0.2) is 0 Å². The van der Waals surface area contributed by atoms with Crippen LogP contribution in [0.25, 0.3) is 0 Å².